The first-order chi connectivity index (χ1) is 11.7. The molecule has 1 unspecified atom stereocenters. The smallest absolute Gasteiger partial charge is 0.349 e. The van der Waals surface area contributed by atoms with Crippen LogP contribution in [0, 0.1) is 0 Å². The van der Waals surface area contributed by atoms with E-state index >= 15 is 0 Å². The summed E-state index contributed by atoms with van der Waals surface area (Å²) in [6.45, 7) is -0.281. The van der Waals surface area contributed by atoms with Gasteiger partial charge >= 0.3 is 12.7 Å². The van der Waals surface area contributed by atoms with Crippen LogP contribution < -0.4 is 5.32 Å². The molecule has 0 saturated carbocycles. The van der Waals surface area contributed by atoms with Gasteiger partial charge in [0.15, 0.2) is 5.96 Å². The SMILES string of the molecule is CN=C(NCc1nccn1C(F)F)N1CCN(C(C)C(F)(F)F)CC1.I. The maximum Gasteiger partial charge on any atom is 0.403 e. The molecule has 1 N–H and O–H groups in total. The lowest BCUT2D eigenvalue weighted by molar-refractivity contribution is -0.181. The molecule has 1 aromatic rings. The second-order valence-electron chi connectivity index (χ2n) is 5.67. The minimum Gasteiger partial charge on any atom is -0.349 e. The van der Waals surface area contributed by atoms with E-state index in [1.165, 1.54) is 24.3 Å². The van der Waals surface area contributed by atoms with Crippen LogP contribution in [0.4, 0.5) is 22.0 Å². The van der Waals surface area contributed by atoms with Gasteiger partial charge in [-0.05, 0) is 6.92 Å². The number of hydrogen-bond donors (Lipinski definition) is 1. The van der Waals surface area contributed by atoms with Crippen LogP contribution in [0.25, 0.3) is 0 Å². The Morgan fingerprint density at radius 2 is 1.88 bits per heavy atom. The van der Waals surface area contributed by atoms with Gasteiger partial charge in [-0.1, -0.05) is 0 Å². The largest absolute Gasteiger partial charge is 0.403 e. The topological polar surface area (TPSA) is 48.7 Å². The number of nitrogens with zero attached hydrogens (tertiary/aromatic N) is 5. The minimum absolute atomic E-state index is 0. The van der Waals surface area contributed by atoms with Crippen molar-refractivity contribution < 1.29 is 22.0 Å². The summed E-state index contributed by atoms with van der Waals surface area (Å²) in [5.41, 5.74) is 0. The Kier molecular flexibility index (Phi) is 8.50. The van der Waals surface area contributed by atoms with Crippen molar-refractivity contribution in [3.63, 3.8) is 0 Å². The van der Waals surface area contributed by atoms with E-state index in [1.54, 1.807) is 4.90 Å². The van der Waals surface area contributed by atoms with Crippen LogP contribution in [0.15, 0.2) is 17.4 Å². The Balaban J connectivity index is 0.00000338. The molecule has 1 saturated heterocycles. The third-order valence-electron chi connectivity index (χ3n) is 4.21. The van der Waals surface area contributed by atoms with Crippen LogP contribution in [0.3, 0.4) is 0 Å². The Morgan fingerprint density at radius 1 is 1.27 bits per heavy atom. The number of guanidine groups is 1. The summed E-state index contributed by atoms with van der Waals surface area (Å²) in [5.74, 6) is 0.601. The minimum atomic E-state index is -4.26. The number of nitrogens with one attached hydrogen (secondary N) is 1. The number of aliphatic imine (C=N–C) groups is 1. The highest BCUT2D eigenvalue weighted by Crippen LogP contribution is 2.25. The highest BCUT2D eigenvalue weighted by Gasteiger charge is 2.41. The number of hydrogen-bond acceptors (Lipinski definition) is 3. The summed E-state index contributed by atoms with van der Waals surface area (Å²) in [4.78, 5) is 11.1. The van der Waals surface area contributed by atoms with Crippen molar-refractivity contribution in [3.05, 3.63) is 18.2 Å². The molecular weight excluding hydrogens is 474 g/mol. The molecule has 1 fully saturated rings. The normalized spacial score (nSPS) is 18.0. The van der Waals surface area contributed by atoms with Gasteiger partial charge in [0, 0.05) is 45.6 Å². The molecule has 1 atom stereocenters. The molecule has 150 valence electrons. The van der Waals surface area contributed by atoms with Crippen molar-refractivity contribution in [1.29, 1.82) is 0 Å². The Labute approximate surface area is 165 Å². The maximum absolute atomic E-state index is 12.8. The number of imidazole rings is 1. The van der Waals surface area contributed by atoms with Crippen LogP contribution in [-0.4, -0.2) is 70.8 Å². The van der Waals surface area contributed by atoms with Crippen LogP contribution in [0.5, 0.6) is 0 Å². The quantitative estimate of drug-likeness (QED) is 0.302. The van der Waals surface area contributed by atoms with E-state index in [2.05, 4.69) is 15.3 Å². The maximum atomic E-state index is 12.8. The molecule has 0 spiro atoms. The number of alkyl halides is 5. The summed E-state index contributed by atoms with van der Waals surface area (Å²) < 4.78 is 64.7. The average molecular weight is 496 g/mol. The van der Waals surface area contributed by atoms with Gasteiger partial charge in [0.05, 0.1) is 6.54 Å². The molecule has 2 rings (SSSR count). The molecule has 12 heteroatoms. The van der Waals surface area contributed by atoms with Crippen molar-refractivity contribution in [2.75, 3.05) is 33.2 Å². The van der Waals surface area contributed by atoms with E-state index in [-0.39, 0.29) is 49.4 Å². The van der Waals surface area contributed by atoms with Crippen molar-refractivity contribution in [2.24, 2.45) is 4.99 Å². The summed E-state index contributed by atoms with van der Waals surface area (Å²) in [7, 11) is 1.53. The van der Waals surface area contributed by atoms with Crippen molar-refractivity contribution in [3.8, 4) is 0 Å². The standard InChI is InChI=1S/C14H21F5N6.HI/c1-10(14(17,18)19)23-5-7-24(8-6-23)13(20-2)22-9-11-21-3-4-25(11)12(15)16;/h3-4,10,12H,5-9H2,1-2H3,(H,20,22);1H. The molecule has 0 amide bonds. The van der Waals surface area contributed by atoms with Gasteiger partial charge in [-0.3, -0.25) is 14.5 Å². The number of halogens is 6. The molecule has 0 aliphatic carbocycles. The number of aromatic nitrogens is 2. The van der Waals surface area contributed by atoms with Crippen LogP contribution in [-0.2, 0) is 6.54 Å². The summed E-state index contributed by atoms with van der Waals surface area (Å²) in [6.07, 6.45) is -1.79. The second kappa shape index (κ2) is 9.67. The second-order valence-corrected chi connectivity index (χ2v) is 5.67. The van der Waals surface area contributed by atoms with Gasteiger partial charge in [-0.2, -0.15) is 22.0 Å². The van der Waals surface area contributed by atoms with E-state index < -0.39 is 18.8 Å². The molecule has 1 aromatic heterocycles. The molecular formula is C14H22F5IN6. The van der Waals surface area contributed by atoms with E-state index in [1.807, 2.05) is 0 Å². The Bertz CT molecular complexity index is 583. The van der Waals surface area contributed by atoms with Gasteiger partial charge < -0.3 is 10.2 Å². The van der Waals surface area contributed by atoms with Crippen molar-refractivity contribution in [2.45, 2.75) is 32.2 Å². The van der Waals surface area contributed by atoms with E-state index in [4.69, 9.17) is 0 Å². The molecule has 0 radical (unpaired) electrons. The number of rotatable bonds is 4. The van der Waals surface area contributed by atoms with Crippen molar-refractivity contribution in [1.82, 2.24) is 24.7 Å². The Hall–Kier alpha value is -1.18. The molecule has 26 heavy (non-hydrogen) atoms. The first kappa shape index (κ1) is 22.9. The highest BCUT2D eigenvalue weighted by atomic mass is 127. The monoisotopic (exact) mass is 496 g/mol. The fraction of sp³-hybridized carbons (Fsp3) is 0.714. The fourth-order valence-electron chi connectivity index (χ4n) is 2.68. The molecule has 2 heterocycles. The van der Waals surface area contributed by atoms with Crippen LogP contribution in [0.1, 0.15) is 19.3 Å². The number of piperazine rings is 1. The third-order valence-corrected chi connectivity index (χ3v) is 4.21. The van der Waals surface area contributed by atoms with Crippen molar-refractivity contribution >= 4 is 29.9 Å². The molecule has 1 aliphatic rings. The zero-order valence-electron chi connectivity index (χ0n) is 14.4. The van der Waals surface area contributed by atoms with Crippen LogP contribution >= 0.6 is 24.0 Å². The molecule has 1 aliphatic heterocycles. The van der Waals surface area contributed by atoms with E-state index in [0.29, 0.717) is 19.0 Å². The molecule has 6 nitrogen and oxygen atoms in total. The Morgan fingerprint density at radius 3 is 2.38 bits per heavy atom. The lowest BCUT2D eigenvalue weighted by Gasteiger charge is -2.39. The highest BCUT2D eigenvalue weighted by molar-refractivity contribution is 14.0. The zero-order valence-corrected chi connectivity index (χ0v) is 16.7. The predicted molar refractivity (Wildman–Crippen MR) is 97.8 cm³/mol. The van der Waals surface area contributed by atoms with Gasteiger partial charge in [0.1, 0.15) is 11.9 Å². The summed E-state index contributed by atoms with van der Waals surface area (Å²) in [6, 6.07) is -1.50. The zero-order chi connectivity index (χ0) is 18.6. The van der Waals surface area contributed by atoms with Crippen LogP contribution in [0.2, 0.25) is 0 Å². The first-order valence-corrected chi connectivity index (χ1v) is 7.80. The fourth-order valence-corrected chi connectivity index (χ4v) is 2.68. The van der Waals surface area contributed by atoms with Gasteiger partial charge in [0.25, 0.3) is 0 Å². The van der Waals surface area contributed by atoms with Gasteiger partial charge in [-0.15, -0.1) is 24.0 Å². The lowest BCUT2D eigenvalue weighted by Crippen LogP contribution is -2.56. The van der Waals surface area contributed by atoms with Gasteiger partial charge in [0.2, 0.25) is 0 Å². The summed E-state index contributed by atoms with van der Waals surface area (Å²) >= 11 is 0. The average Bonchev–Trinajstić information content (AvgIpc) is 3.03. The third kappa shape index (κ3) is 5.66. The van der Waals surface area contributed by atoms with Gasteiger partial charge in [-0.25, -0.2) is 4.98 Å². The lowest BCUT2D eigenvalue weighted by atomic mass is 10.2. The molecule has 0 aromatic carbocycles. The first-order valence-electron chi connectivity index (χ1n) is 7.80. The van der Waals surface area contributed by atoms with E-state index in [9.17, 15) is 22.0 Å². The predicted octanol–water partition coefficient (Wildman–Crippen LogP) is 2.54. The molecule has 0 bridgehead atoms. The summed E-state index contributed by atoms with van der Waals surface area (Å²) in [5, 5.41) is 2.93. The van der Waals surface area contributed by atoms with E-state index in [0.717, 1.165) is 11.5 Å².